The first-order valence-corrected chi connectivity index (χ1v) is 5.97. The van der Waals surface area contributed by atoms with Gasteiger partial charge in [-0.1, -0.05) is 0 Å². The summed E-state index contributed by atoms with van der Waals surface area (Å²) in [7, 11) is 0. The van der Waals surface area contributed by atoms with Crippen LogP contribution in [-0.4, -0.2) is 24.7 Å². The molecule has 5 heteroatoms. The Morgan fingerprint density at radius 2 is 1.89 bits per heavy atom. The fourth-order valence-corrected chi connectivity index (χ4v) is 2.23. The van der Waals surface area contributed by atoms with Gasteiger partial charge < -0.3 is 10.2 Å². The molecule has 0 spiro atoms. The number of rotatable bonds is 1. The Labute approximate surface area is 105 Å². The molecule has 0 amide bonds. The smallest absolute Gasteiger partial charge is 0.196 e. The van der Waals surface area contributed by atoms with Crippen LogP contribution in [0.15, 0.2) is 12.1 Å². The minimum atomic E-state index is -1.41. The van der Waals surface area contributed by atoms with Crippen molar-refractivity contribution in [3.05, 3.63) is 29.6 Å². The Kier molecular flexibility index (Phi) is 3.27. The highest BCUT2D eigenvalue weighted by atomic mass is 19.2. The van der Waals surface area contributed by atoms with Crippen molar-refractivity contribution in [2.24, 2.45) is 0 Å². The summed E-state index contributed by atoms with van der Waals surface area (Å²) in [5.41, 5.74) is -0.0694. The summed E-state index contributed by atoms with van der Waals surface area (Å²) in [5.74, 6) is -3.67. The average Bonchev–Trinajstić information content (AvgIpc) is 2.30. The van der Waals surface area contributed by atoms with Gasteiger partial charge in [0, 0.05) is 24.7 Å². The molecule has 1 N–H and O–H groups in total. The Hall–Kier alpha value is -1.23. The third-order valence-electron chi connectivity index (χ3n) is 3.30. The number of hydrogen-bond donors (Lipinski definition) is 1. The number of piperazine rings is 1. The number of nitrogens with one attached hydrogen (secondary N) is 1. The van der Waals surface area contributed by atoms with Crippen molar-refractivity contribution in [2.45, 2.75) is 32.4 Å². The predicted molar refractivity (Wildman–Crippen MR) is 65.2 cm³/mol. The van der Waals surface area contributed by atoms with Crippen LogP contribution in [0, 0.1) is 17.5 Å². The maximum absolute atomic E-state index is 13.8. The van der Waals surface area contributed by atoms with Gasteiger partial charge in [-0.2, -0.15) is 0 Å². The van der Waals surface area contributed by atoms with Gasteiger partial charge in [-0.05, 0) is 32.9 Å². The molecule has 1 fully saturated rings. The van der Waals surface area contributed by atoms with Crippen molar-refractivity contribution in [1.82, 2.24) is 5.32 Å². The molecule has 1 saturated heterocycles. The van der Waals surface area contributed by atoms with E-state index in [2.05, 4.69) is 5.32 Å². The van der Waals surface area contributed by atoms with Crippen molar-refractivity contribution < 1.29 is 13.2 Å². The van der Waals surface area contributed by atoms with Crippen LogP contribution in [0.3, 0.4) is 0 Å². The lowest BCUT2D eigenvalue weighted by atomic mass is 9.98. The van der Waals surface area contributed by atoms with E-state index in [1.807, 2.05) is 20.8 Å². The van der Waals surface area contributed by atoms with Gasteiger partial charge in [-0.15, -0.1) is 0 Å². The summed E-state index contributed by atoms with van der Waals surface area (Å²) in [6.45, 7) is 7.11. The number of hydrogen-bond acceptors (Lipinski definition) is 2. The van der Waals surface area contributed by atoms with Crippen molar-refractivity contribution >= 4 is 5.69 Å². The van der Waals surface area contributed by atoms with Gasteiger partial charge in [0.15, 0.2) is 17.5 Å². The van der Waals surface area contributed by atoms with Crippen LogP contribution in [0.5, 0.6) is 0 Å². The summed E-state index contributed by atoms with van der Waals surface area (Å²) in [4.78, 5) is 1.77. The first-order chi connectivity index (χ1) is 8.32. The molecule has 1 atom stereocenters. The lowest BCUT2D eigenvalue weighted by molar-refractivity contribution is 0.315. The SMILES string of the molecule is CC1CNC(C)(C)CN1c1ccc(F)c(F)c1F. The second kappa shape index (κ2) is 4.46. The molecule has 1 heterocycles. The lowest BCUT2D eigenvalue weighted by Gasteiger charge is -2.44. The third kappa shape index (κ3) is 2.32. The molecule has 1 aromatic carbocycles. The maximum Gasteiger partial charge on any atom is 0.196 e. The minimum Gasteiger partial charge on any atom is -0.363 e. The van der Waals surface area contributed by atoms with Gasteiger partial charge in [0.1, 0.15) is 0 Å². The monoisotopic (exact) mass is 258 g/mol. The molecule has 1 aromatic rings. The zero-order valence-electron chi connectivity index (χ0n) is 10.7. The van der Waals surface area contributed by atoms with Gasteiger partial charge in [-0.3, -0.25) is 0 Å². The van der Waals surface area contributed by atoms with E-state index in [4.69, 9.17) is 0 Å². The molecule has 2 rings (SSSR count). The number of halogens is 3. The Morgan fingerprint density at radius 3 is 2.56 bits per heavy atom. The second-order valence-corrected chi connectivity index (χ2v) is 5.44. The number of nitrogens with zero attached hydrogens (tertiary/aromatic N) is 1. The Morgan fingerprint density at radius 1 is 1.22 bits per heavy atom. The standard InChI is InChI=1S/C13H17F3N2/c1-8-6-17-13(2,3)7-18(8)10-5-4-9(14)11(15)12(10)16/h4-5,8,17H,6-7H2,1-3H3. The number of anilines is 1. The molecule has 2 nitrogen and oxygen atoms in total. The van der Waals surface area contributed by atoms with Crippen molar-refractivity contribution in [3.63, 3.8) is 0 Å². The van der Waals surface area contributed by atoms with Gasteiger partial charge in [0.25, 0.3) is 0 Å². The molecular weight excluding hydrogens is 241 g/mol. The number of benzene rings is 1. The highest BCUT2D eigenvalue weighted by Crippen LogP contribution is 2.28. The van der Waals surface area contributed by atoms with E-state index in [-0.39, 0.29) is 17.3 Å². The summed E-state index contributed by atoms with van der Waals surface area (Å²) in [6, 6.07) is 2.29. The zero-order chi connectivity index (χ0) is 13.5. The topological polar surface area (TPSA) is 15.3 Å². The Bertz CT molecular complexity index is 460. The normalized spacial score (nSPS) is 23.2. The first-order valence-electron chi connectivity index (χ1n) is 5.97. The van der Waals surface area contributed by atoms with Crippen LogP contribution in [-0.2, 0) is 0 Å². The molecule has 0 radical (unpaired) electrons. The summed E-state index contributed by atoms with van der Waals surface area (Å²) < 4.78 is 40.0. The van der Waals surface area contributed by atoms with Gasteiger partial charge in [0.05, 0.1) is 5.69 Å². The molecule has 1 aliphatic heterocycles. The fourth-order valence-electron chi connectivity index (χ4n) is 2.23. The van der Waals surface area contributed by atoms with Gasteiger partial charge >= 0.3 is 0 Å². The van der Waals surface area contributed by atoms with E-state index >= 15 is 0 Å². The highest BCUT2D eigenvalue weighted by molar-refractivity contribution is 5.50. The molecule has 0 bridgehead atoms. The zero-order valence-corrected chi connectivity index (χ0v) is 10.7. The molecule has 0 saturated carbocycles. The van der Waals surface area contributed by atoms with E-state index in [1.165, 1.54) is 6.07 Å². The summed E-state index contributed by atoms with van der Waals surface area (Å²) in [5, 5.41) is 3.32. The van der Waals surface area contributed by atoms with E-state index in [9.17, 15) is 13.2 Å². The Balaban J connectivity index is 2.38. The van der Waals surface area contributed by atoms with Crippen LogP contribution >= 0.6 is 0 Å². The molecule has 1 aliphatic rings. The maximum atomic E-state index is 13.8. The van der Waals surface area contributed by atoms with Crippen LogP contribution in [0.2, 0.25) is 0 Å². The minimum absolute atomic E-state index is 0.0254. The summed E-state index contributed by atoms with van der Waals surface area (Å²) in [6.07, 6.45) is 0. The molecular formula is C13H17F3N2. The lowest BCUT2D eigenvalue weighted by Crippen LogP contribution is -2.61. The summed E-state index contributed by atoms with van der Waals surface area (Å²) >= 11 is 0. The van der Waals surface area contributed by atoms with E-state index in [0.29, 0.717) is 13.1 Å². The molecule has 1 unspecified atom stereocenters. The van der Waals surface area contributed by atoms with Crippen LogP contribution in [0.25, 0.3) is 0 Å². The van der Waals surface area contributed by atoms with E-state index in [1.54, 1.807) is 4.90 Å². The van der Waals surface area contributed by atoms with E-state index < -0.39 is 17.5 Å². The third-order valence-corrected chi connectivity index (χ3v) is 3.30. The quantitative estimate of drug-likeness (QED) is 0.779. The average molecular weight is 258 g/mol. The molecule has 0 aliphatic carbocycles. The molecule has 100 valence electrons. The van der Waals surface area contributed by atoms with Crippen molar-refractivity contribution in [2.75, 3.05) is 18.0 Å². The largest absolute Gasteiger partial charge is 0.363 e. The van der Waals surface area contributed by atoms with Gasteiger partial charge in [0.2, 0.25) is 0 Å². The van der Waals surface area contributed by atoms with Crippen LogP contribution in [0.4, 0.5) is 18.9 Å². The van der Waals surface area contributed by atoms with E-state index in [0.717, 1.165) is 6.07 Å². The van der Waals surface area contributed by atoms with Crippen LogP contribution < -0.4 is 10.2 Å². The first kappa shape index (κ1) is 13.2. The van der Waals surface area contributed by atoms with Gasteiger partial charge in [-0.25, -0.2) is 13.2 Å². The van der Waals surface area contributed by atoms with Crippen molar-refractivity contribution in [1.29, 1.82) is 0 Å². The molecule has 0 aromatic heterocycles. The second-order valence-electron chi connectivity index (χ2n) is 5.44. The highest BCUT2D eigenvalue weighted by Gasteiger charge is 2.32. The fraction of sp³-hybridized carbons (Fsp3) is 0.538. The van der Waals surface area contributed by atoms with Crippen molar-refractivity contribution in [3.8, 4) is 0 Å². The molecule has 18 heavy (non-hydrogen) atoms. The predicted octanol–water partition coefficient (Wildman–Crippen LogP) is 2.68. The van der Waals surface area contributed by atoms with Crippen LogP contribution in [0.1, 0.15) is 20.8 Å².